The molecule has 1 aromatic rings. The van der Waals surface area contributed by atoms with Gasteiger partial charge < -0.3 is 5.11 Å². The van der Waals surface area contributed by atoms with Crippen molar-refractivity contribution in [2.75, 3.05) is 6.61 Å². The third-order valence-corrected chi connectivity index (χ3v) is 3.13. The fourth-order valence-electron chi connectivity index (χ4n) is 1.90. The van der Waals surface area contributed by atoms with Gasteiger partial charge in [0.1, 0.15) is 0 Å². The van der Waals surface area contributed by atoms with E-state index in [0.29, 0.717) is 0 Å². The van der Waals surface area contributed by atoms with Gasteiger partial charge in [-0.15, -0.1) is 0 Å². The first-order chi connectivity index (χ1) is 7.88. The maximum atomic E-state index is 9.27. The van der Waals surface area contributed by atoms with E-state index in [4.69, 9.17) is 0 Å². The second-order valence-electron chi connectivity index (χ2n) is 5.86. The summed E-state index contributed by atoms with van der Waals surface area (Å²) >= 11 is 0. The minimum atomic E-state index is 0.138. The number of aliphatic hydroxyl groups is 1. The van der Waals surface area contributed by atoms with Gasteiger partial charge in [-0.2, -0.15) is 0 Å². The highest BCUT2D eigenvalue weighted by Crippen LogP contribution is 2.27. The molecule has 1 N–H and O–H groups in total. The van der Waals surface area contributed by atoms with Crippen LogP contribution in [0, 0.1) is 5.92 Å². The Morgan fingerprint density at radius 2 is 1.82 bits per heavy atom. The molecule has 17 heavy (non-hydrogen) atoms. The van der Waals surface area contributed by atoms with Crippen LogP contribution in [0.5, 0.6) is 0 Å². The molecule has 0 bridgehead atoms. The lowest BCUT2D eigenvalue weighted by Crippen LogP contribution is -2.13. The largest absolute Gasteiger partial charge is 0.395 e. The van der Waals surface area contributed by atoms with Gasteiger partial charge in [0.05, 0.1) is 6.61 Å². The van der Waals surface area contributed by atoms with E-state index in [0.717, 1.165) is 18.8 Å². The number of aryl methyl sites for hydroxylation is 1. The van der Waals surface area contributed by atoms with Crippen LogP contribution in [0.15, 0.2) is 18.2 Å². The monoisotopic (exact) mass is 233 g/mol. The molecular weight excluding hydrogens is 208 g/mol. The molecule has 1 heteroatoms. The minimum Gasteiger partial charge on any atom is -0.395 e. The van der Waals surface area contributed by atoms with Crippen LogP contribution in [-0.4, -0.2) is 11.7 Å². The summed E-state index contributed by atoms with van der Waals surface area (Å²) in [6, 6.07) is 6.73. The van der Waals surface area contributed by atoms with Crippen molar-refractivity contribution in [1.29, 1.82) is 0 Å². The predicted octanol–water partition coefficient (Wildman–Crippen LogP) is 3.87. The summed E-state index contributed by atoms with van der Waals surface area (Å²) in [6.45, 7) is 11.0. The van der Waals surface area contributed by atoms with Crippen molar-refractivity contribution in [1.82, 2.24) is 0 Å². The average Bonchev–Trinajstić information content (AvgIpc) is 2.27. The van der Waals surface area contributed by atoms with E-state index in [-0.39, 0.29) is 12.0 Å². The predicted molar refractivity (Wildman–Crippen MR) is 74.2 cm³/mol. The van der Waals surface area contributed by atoms with Crippen molar-refractivity contribution in [3.63, 3.8) is 0 Å². The molecule has 0 fully saturated rings. The van der Waals surface area contributed by atoms with Gasteiger partial charge in [-0.05, 0) is 28.5 Å². The molecular formula is C16H25O. The van der Waals surface area contributed by atoms with E-state index < -0.39 is 0 Å². The van der Waals surface area contributed by atoms with Gasteiger partial charge in [0, 0.05) is 5.92 Å². The molecule has 95 valence electrons. The lowest BCUT2D eigenvalue weighted by molar-refractivity contribution is 0.315. The Labute approximate surface area is 106 Å². The lowest BCUT2D eigenvalue weighted by Gasteiger charge is -2.22. The molecule has 0 heterocycles. The Bertz CT molecular complexity index is 360. The second kappa shape index (κ2) is 5.68. The zero-order valence-electron chi connectivity index (χ0n) is 11.8. The Morgan fingerprint density at radius 1 is 1.18 bits per heavy atom. The van der Waals surface area contributed by atoms with Gasteiger partial charge in [0.25, 0.3) is 0 Å². The molecule has 0 spiro atoms. The summed E-state index contributed by atoms with van der Waals surface area (Å²) in [5.74, 6) is 1.05. The molecule has 0 atom stereocenters. The maximum Gasteiger partial charge on any atom is 0.0534 e. The molecule has 0 amide bonds. The van der Waals surface area contributed by atoms with Crippen LogP contribution in [-0.2, 0) is 11.8 Å². The Kier molecular flexibility index (Phi) is 4.76. The van der Waals surface area contributed by atoms with Gasteiger partial charge in [0.2, 0.25) is 0 Å². The van der Waals surface area contributed by atoms with E-state index >= 15 is 0 Å². The van der Waals surface area contributed by atoms with Gasteiger partial charge in [-0.1, -0.05) is 59.2 Å². The summed E-state index contributed by atoms with van der Waals surface area (Å²) in [5, 5.41) is 9.27. The SMILES string of the molecule is CCCc1cc([C](C)CO)cc(C(C)(C)C)c1. The van der Waals surface area contributed by atoms with Crippen LogP contribution in [0.2, 0.25) is 0 Å². The molecule has 0 aliphatic carbocycles. The molecule has 0 saturated heterocycles. The molecule has 1 radical (unpaired) electrons. The quantitative estimate of drug-likeness (QED) is 0.837. The first-order valence-electron chi connectivity index (χ1n) is 6.46. The topological polar surface area (TPSA) is 20.2 Å². The molecule has 0 aromatic heterocycles. The van der Waals surface area contributed by atoms with Gasteiger partial charge >= 0.3 is 0 Å². The van der Waals surface area contributed by atoms with Crippen LogP contribution < -0.4 is 0 Å². The van der Waals surface area contributed by atoms with Crippen molar-refractivity contribution in [2.24, 2.45) is 0 Å². The smallest absolute Gasteiger partial charge is 0.0534 e. The zero-order valence-corrected chi connectivity index (χ0v) is 11.8. The minimum absolute atomic E-state index is 0.138. The summed E-state index contributed by atoms with van der Waals surface area (Å²) < 4.78 is 0. The van der Waals surface area contributed by atoms with Crippen LogP contribution in [0.25, 0.3) is 0 Å². The third kappa shape index (κ3) is 3.85. The van der Waals surface area contributed by atoms with Crippen molar-refractivity contribution >= 4 is 0 Å². The number of rotatable bonds is 4. The number of aliphatic hydroxyl groups excluding tert-OH is 1. The second-order valence-corrected chi connectivity index (χ2v) is 5.86. The maximum absolute atomic E-state index is 9.27. The summed E-state index contributed by atoms with van der Waals surface area (Å²) in [6.07, 6.45) is 2.26. The molecule has 0 aliphatic heterocycles. The fourth-order valence-corrected chi connectivity index (χ4v) is 1.90. The molecule has 0 saturated carbocycles. The van der Waals surface area contributed by atoms with Gasteiger partial charge in [0.15, 0.2) is 0 Å². The highest BCUT2D eigenvalue weighted by Gasteiger charge is 2.16. The van der Waals surface area contributed by atoms with E-state index in [1.54, 1.807) is 0 Å². The highest BCUT2D eigenvalue weighted by atomic mass is 16.3. The Balaban J connectivity index is 3.18. The first-order valence-corrected chi connectivity index (χ1v) is 6.46. The molecule has 0 unspecified atom stereocenters. The van der Waals surface area contributed by atoms with Crippen LogP contribution >= 0.6 is 0 Å². The van der Waals surface area contributed by atoms with Crippen LogP contribution in [0.1, 0.15) is 57.7 Å². The normalized spacial score (nSPS) is 12.2. The fraction of sp³-hybridized carbons (Fsp3) is 0.562. The Morgan fingerprint density at radius 3 is 2.29 bits per heavy atom. The van der Waals surface area contributed by atoms with Crippen LogP contribution in [0.4, 0.5) is 0 Å². The number of hydrogen-bond donors (Lipinski definition) is 1. The number of benzene rings is 1. The van der Waals surface area contributed by atoms with Crippen LogP contribution in [0.3, 0.4) is 0 Å². The lowest BCUT2D eigenvalue weighted by atomic mass is 9.83. The van der Waals surface area contributed by atoms with E-state index in [1.165, 1.54) is 16.7 Å². The van der Waals surface area contributed by atoms with Crippen molar-refractivity contribution < 1.29 is 5.11 Å². The number of hydrogen-bond acceptors (Lipinski definition) is 1. The van der Waals surface area contributed by atoms with Gasteiger partial charge in [-0.3, -0.25) is 0 Å². The Hall–Kier alpha value is -0.820. The van der Waals surface area contributed by atoms with Crippen molar-refractivity contribution in [3.8, 4) is 0 Å². The van der Waals surface area contributed by atoms with Crippen molar-refractivity contribution in [3.05, 3.63) is 40.8 Å². The first kappa shape index (κ1) is 14.2. The van der Waals surface area contributed by atoms with E-state index in [1.807, 2.05) is 6.92 Å². The molecule has 0 aliphatic rings. The summed E-state index contributed by atoms with van der Waals surface area (Å²) in [7, 11) is 0. The zero-order chi connectivity index (χ0) is 13.1. The van der Waals surface area contributed by atoms with Crippen molar-refractivity contribution in [2.45, 2.75) is 52.9 Å². The van der Waals surface area contributed by atoms with Gasteiger partial charge in [-0.25, -0.2) is 0 Å². The average molecular weight is 233 g/mol. The highest BCUT2D eigenvalue weighted by molar-refractivity contribution is 5.40. The third-order valence-electron chi connectivity index (χ3n) is 3.13. The molecule has 1 rings (SSSR count). The molecule has 1 aromatic carbocycles. The van der Waals surface area contributed by atoms with E-state index in [9.17, 15) is 5.11 Å². The summed E-state index contributed by atoms with van der Waals surface area (Å²) in [4.78, 5) is 0. The summed E-state index contributed by atoms with van der Waals surface area (Å²) in [5.41, 5.74) is 4.08. The standard InChI is InChI=1S/C16H25O/c1-6-7-13-8-14(12(2)11-17)10-15(9-13)16(3,4)5/h8-10,17H,6-7,11H2,1-5H3. The van der Waals surface area contributed by atoms with E-state index in [2.05, 4.69) is 45.9 Å². The molecule has 1 nitrogen and oxygen atoms in total.